The normalized spacial score (nSPS) is 19.8. The second kappa shape index (κ2) is 6.73. The highest BCUT2D eigenvalue weighted by molar-refractivity contribution is 8.19. The van der Waals surface area contributed by atoms with Crippen LogP contribution in [0.25, 0.3) is 6.08 Å². The number of nitrogens with zero attached hydrogens (tertiary/aromatic N) is 2. The van der Waals surface area contributed by atoms with Gasteiger partial charge in [0.2, 0.25) is 0 Å². The number of ketones is 1. The molecule has 1 N–H and O–H groups in total. The molecule has 0 aliphatic carbocycles. The van der Waals surface area contributed by atoms with Gasteiger partial charge in [0, 0.05) is 0 Å². The van der Waals surface area contributed by atoms with Crippen LogP contribution < -0.4 is 0 Å². The number of aromatic nitrogens is 2. The van der Waals surface area contributed by atoms with Crippen molar-refractivity contribution in [1.29, 1.82) is 5.41 Å². The van der Waals surface area contributed by atoms with E-state index in [1.807, 2.05) is 6.92 Å². The molecule has 4 nitrogen and oxygen atoms in total. The summed E-state index contributed by atoms with van der Waals surface area (Å²) in [6, 6.07) is 5.24. The molecule has 0 unspecified atom stereocenters. The fourth-order valence-electron chi connectivity index (χ4n) is 2.11. The van der Waals surface area contributed by atoms with Gasteiger partial charge in [-0.05, 0) is 24.1 Å². The van der Waals surface area contributed by atoms with E-state index >= 15 is 0 Å². The summed E-state index contributed by atoms with van der Waals surface area (Å²) in [4.78, 5) is 13.1. The van der Waals surface area contributed by atoms with Crippen molar-refractivity contribution in [2.45, 2.75) is 19.3 Å². The van der Waals surface area contributed by atoms with Crippen molar-refractivity contribution in [2.75, 3.05) is 0 Å². The number of allylic oxidation sites excluding steroid dienone is 1. The van der Waals surface area contributed by atoms with Gasteiger partial charge in [-0.1, -0.05) is 54.0 Å². The minimum atomic E-state index is -0.651. The second-order valence-corrected chi connectivity index (χ2v) is 7.77. The van der Waals surface area contributed by atoms with Gasteiger partial charge in [-0.2, -0.15) is 0 Å². The van der Waals surface area contributed by atoms with Crippen LogP contribution in [-0.4, -0.2) is 21.0 Å². The lowest BCUT2D eigenvalue weighted by Crippen LogP contribution is -2.11. The third-order valence-corrected chi connectivity index (χ3v) is 6.25. The van der Waals surface area contributed by atoms with Crippen LogP contribution in [-0.2, 0) is 11.2 Å². The number of hydrogen-bond donors (Lipinski definition) is 1. The molecule has 0 amide bonds. The van der Waals surface area contributed by atoms with Crippen molar-refractivity contribution in [3.05, 3.63) is 48.7 Å². The van der Waals surface area contributed by atoms with Gasteiger partial charge >= 0.3 is 0 Å². The zero-order valence-corrected chi connectivity index (χ0v) is 15.1. The molecule has 0 saturated carbocycles. The van der Waals surface area contributed by atoms with Crippen LogP contribution in [0.1, 0.15) is 28.4 Å². The number of nitrogens with one attached hydrogen (secondary N) is 1. The Bertz CT molecular complexity index is 832. The fourth-order valence-corrected chi connectivity index (χ4v) is 4.42. The van der Waals surface area contributed by atoms with E-state index in [0.29, 0.717) is 25.5 Å². The minimum absolute atomic E-state index is 0.144. The first-order chi connectivity index (χ1) is 11.0. The second-order valence-electron chi connectivity index (χ2n) is 4.80. The number of halogens is 2. The number of aryl methyl sites for hydroxylation is 1. The van der Waals surface area contributed by atoms with Crippen molar-refractivity contribution in [3.63, 3.8) is 0 Å². The van der Waals surface area contributed by atoms with Crippen LogP contribution in [0, 0.1) is 5.41 Å². The molecule has 1 aromatic heterocycles. The summed E-state index contributed by atoms with van der Waals surface area (Å²) in [6.07, 6.45) is 2.44. The lowest BCUT2D eigenvalue weighted by atomic mass is 10.1. The van der Waals surface area contributed by atoms with Crippen molar-refractivity contribution >= 4 is 63.2 Å². The van der Waals surface area contributed by atoms with E-state index < -0.39 is 5.92 Å². The lowest BCUT2D eigenvalue weighted by molar-refractivity contribution is -0.114. The zero-order valence-electron chi connectivity index (χ0n) is 12.0. The Morgan fingerprint density at radius 1 is 1.35 bits per heavy atom. The fraction of sp³-hybridized carbons (Fsp3) is 0.200. The number of carbonyl (C=O) groups is 1. The Hall–Kier alpha value is -1.21. The van der Waals surface area contributed by atoms with Crippen LogP contribution in [0.3, 0.4) is 0 Å². The minimum Gasteiger partial charge on any atom is -0.297 e. The molecule has 2 aromatic rings. The van der Waals surface area contributed by atoms with Crippen molar-refractivity contribution in [3.8, 4) is 0 Å². The number of carbonyl (C=O) groups excluding carboxylic acids is 1. The Morgan fingerprint density at radius 3 is 2.83 bits per heavy atom. The first-order valence-electron chi connectivity index (χ1n) is 6.79. The number of thioether (sulfide) groups is 1. The standard InChI is InChI=1S/C15H11Cl2N3OS2/c1-2-10-19-20-15(23-10)11-13(21)9(22-14(11)18)6-7-4-3-5-8(16)12(7)17/h3-6,11,18H,2H2,1H3/b9-6-,18-14?/t11-/m1/s1. The highest BCUT2D eigenvalue weighted by atomic mass is 35.5. The van der Waals surface area contributed by atoms with Crippen LogP contribution in [0.15, 0.2) is 23.1 Å². The first kappa shape index (κ1) is 16.6. The van der Waals surface area contributed by atoms with Gasteiger partial charge in [0.05, 0.1) is 20.0 Å². The molecule has 1 aliphatic heterocycles. The van der Waals surface area contributed by atoms with Gasteiger partial charge in [0.25, 0.3) is 0 Å². The molecule has 1 aromatic carbocycles. The lowest BCUT2D eigenvalue weighted by Gasteiger charge is -2.02. The van der Waals surface area contributed by atoms with E-state index in [2.05, 4.69) is 10.2 Å². The number of hydrogen-bond acceptors (Lipinski definition) is 6. The predicted molar refractivity (Wildman–Crippen MR) is 96.8 cm³/mol. The summed E-state index contributed by atoms with van der Waals surface area (Å²) in [6.45, 7) is 1.98. The molecular formula is C15H11Cl2N3OS2. The summed E-state index contributed by atoms with van der Waals surface area (Å²) in [7, 11) is 0. The van der Waals surface area contributed by atoms with E-state index in [4.69, 9.17) is 28.6 Å². The molecule has 1 atom stereocenters. The van der Waals surface area contributed by atoms with E-state index in [1.54, 1.807) is 24.3 Å². The summed E-state index contributed by atoms with van der Waals surface area (Å²) in [5.74, 6) is -0.795. The Balaban J connectivity index is 1.94. The van der Waals surface area contributed by atoms with E-state index in [0.717, 1.165) is 23.2 Å². The third-order valence-electron chi connectivity index (χ3n) is 3.29. The molecule has 1 saturated heterocycles. The highest BCUT2D eigenvalue weighted by Gasteiger charge is 2.39. The van der Waals surface area contributed by atoms with Crippen LogP contribution in [0.4, 0.5) is 0 Å². The molecule has 1 aliphatic rings. The van der Waals surface area contributed by atoms with Gasteiger partial charge < -0.3 is 0 Å². The molecule has 3 rings (SSSR count). The largest absolute Gasteiger partial charge is 0.297 e. The molecular weight excluding hydrogens is 373 g/mol. The van der Waals surface area contributed by atoms with E-state index in [1.165, 1.54) is 11.3 Å². The molecule has 118 valence electrons. The van der Waals surface area contributed by atoms with Gasteiger partial charge in [0.1, 0.15) is 15.9 Å². The van der Waals surface area contributed by atoms with Gasteiger partial charge in [-0.25, -0.2) is 0 Å². The maximum absolute atomic E-state index is 12.6. The predicted octanol–water partition coefficient (Wildman–Crippen LogP) is 4.83. The van der Waals surface area contributed by atoms with Gasteiger partial charge in [0.15, 0.2) is 5.78 Å². The van der Waals surface area contributed by atoms with Gasteiger partial charge in [-0.15, -0.1) is 21.5 Å². The Morgan fingerprint density at radius 2 is 2.13 bits per heavy atom. The van der Waals surface area contributed by atoms with Crippen molar-refractivity contribution < 1.29 is 4.79 Å². The quantitative estimate of drug-likeness (QED) is 0.770. The first-order valence-corrected chi connectivity index (χ1v) is 9.18. The molecule has 1 fully saturated rings. The summed E-state index contributed by atoms with van der Waals surface area (Å²) in [5.41, 5.74) is 0.662. The van der Waals surface area contributed by atoms with Crippen molar-refractivity contribution in [1.82, 2.24) is 10.2 Å². The number of Topliss-reactive ketones (excluding diaryl/α,β-unsaturated/α-hetero) is 1. The molecule has 0 radical (unpaired) electrons. The monoisotopic (exact) mass is 383 g/mol. The molecule has 23 heavy (non-hydrogen) atoms. The summed E-state index contributed by atoms with van der Waals surface area (Å²) < 4.78 is 0. The molecule has 0 spiro atoms. The highest BCUT2D eigenvalue weighted by Crippen LogP contribution is 2.42. The Labute approximate surface area is 151 Å². The Kier molecular flexibility index (Phi) is 4.87. The topological polar surface area (TPSA) is 66.7 Å². The van der Waals surface area contributed by atoms with Crippen LogP contribution >= 0.6 is 46.3 Å². The van der Waals surface area contributed by atoms with Crippen molar-refractivity contribution in [2.24, 2.45) is 0 Å². The average molecular weight is 384 g/mol. The van der Waals surface area contributed by atoms with E-state index in [-0.39, 0.29) is 10.8 Å². The van der Waals surface area contributed by atoms with Crippen LogP contribution in [0.2, 0.25) is 10.0 Å². The molecule has 2 heterocycles. The SMILES string of the molecule is CCc1nnc([C@H]2C(=N)S/C(=C\c3cccc(Cl)c3Cl)C2=O)s1. The summed E-state index contributed by atoms with van der Waals surface area (Å²) in [5, 5.41) is 18.7. The zero-order chi connectivity index (χ0) is 16.6. The van der Waals surface area contributed by atoms with E-state index in [9.17, 15) is 4.79 Å². The molecule has 8 heteroatoms. The third kappa shape index (κ3) is 3.21. The number of rotatable bonds is 3. The molecule has 0 bridgehead atoms. The van der Waals surface area contributed by atoms with Crippen LogP contribution in [0.5, 0.6) is 0 Å². The van der Waals surface area contributed by atoms with Gasteiger partial charge in [-0.3, -0.25) is 10.2 Å². The smallest absolute Gasteiger partial charge is 0.186 e. The average Bonchev–Trinajstić information content (AvgIpc) is 3.09. The summed E-state index contributed by atoms with van der Waals surface area (Å²) >= 11 is 14.7. The maximum Gasteiger partial charge on any atom is 0.186 e. The maximum atomic E-state index is 12.6. The number of benzene rings is 1.